The molecule has 1 heterocycles. The van der Waals surface area contributed by atoms with Gasteiger partial charge in [0, 0.05) is 31.8 Å². The molecule has 1 saturated heterocycles. The summed E-state index contributed by atoms with van der Waals surface area (Å²) in [6.07, 6.45) is 2.63. The smallest absolute Gasteiger partial charge is 0.314 e. The number of carbonyl (C=O) groups is 1. The molecule has 1 rings (SSSR count). The molecular formula is C13H27N3O2. The number of carbonyl (C=O) groups excluding carboxylic acids is 1. The molecule has 1 unspecified atom stereocenters. The Labute approximate surface area is 110 Å². The lowest BCUT2D eigenvalue weighted by molar-refractivity contribution is 0.153. The van der Waals surface area contributed by atoms with Crippen molar-refractivity contribution >= 4 is 6.03 Å². The third kappa shape index (κ3) is 4.46. The molecule has 0 aromatic rings. The van der Waals surface area contributed by atoms with Crippen molar-refractivity contribution < 1.29 is 9.90 Å². The van der Waals surface area contributed by atoms with Crippen molar-refractivity contribution in [2.45, 2.75) is 52.1 Å². The molecule has 0 saturated carbocycles. The van der Waals surface area contributed by atoms with Crippen molar-refractivity contribution in [3.63, 3.8) is 0 Å². The number of aliphatic hydroxyl groups excluding tert-OH is 1. The minimum atomic E-state index is -0.323. The molecule has 1 fully saturated rings. The van der Waals surface area contributed by atoms with E-state index in [2.05, 4.69) is 26.1 Å². The lowest BCUT2D eigenvalue weighted by atomic mass is 9.84. The number of primary amides is 1. The van der Waals surface area contributed by atoms with Gasteiger partial charge in [0.25, 0.3) is 0 Å². The van der Waals surface area contributed by atoms with Gasteiger partial charge in [-0.1, -0.05) is 20.8 Å². The van der Waals surface area contributed by atoms with E-state index in [-0.39, 0.29) is 18.1 Å². The summed E-state index contributed by atoms with van der Waals surface area (Å²) in [4.78, 5) is 12.7. The average Bonchev–Trinajstić information content (AvgIpc) is 2.28. The minimum absolute atomic E-state index is 0.129. The molecule has 106 valence electrons. The minimum Gasteiger partial charge on any atom is -0.396 e. The Kier molecular flexibility index (Phi) is 5.41. The van der Waals surface area contributed by atoms with Crippen molar-refractivity contribution in [3.05, 3.63) is 0 Å². The van der Waals surface area contributed by atoms with Crippen molar-refractivity contribution in [1.82, 2.24) is 10.2 Å². The van der Waals surface area contributed by atoms with Crippen LogP contribution in [0, 0.1) is 5.41 Å². The van der Waals surface area contributed by atoms with Gasteiger partial charge in [-0.15, -0.1) is 0 Å². The summed E-state index contributed by atoms with van der Waals surface area (Å²) in [7, 11) is 0. The van der Waals surface area contributed by atoms with Crippen LogP contribution in [0.1, 0.15) is 40.0 Å². The predicted molar refractivity (Wildman–Crippen MR) is 72.3 cm³/mol. The molecule has 0 aromatic carbocycles. The van der Waals surface area contributed by atoms with Crippen molar-refractivity contribution in [2.24, 2.45) is 11.1 Å². The number of nitrogens with one attached hydrogen (secondary N) is 1. The van der Waals surface area contributed by atoms with Gasteiger partial charge in [0.05, 0.1) is 0 Å². The first-order chi connectivity index (χ1) is 8.34. The van der Waals surface area contributed by atoms with Gasteiger partial charge in [0.2, 0.25) is 0 Å². The first kappa shape index (κ1) is 15.2. The second-order valence-electron chi connectivity index (χ2n) is 6.20. The summed E-state index contributed by atoms with van der Waals surface area (Å²) >= 11 is 0. The Bertz CT molecular complexity index is 268. The number of nitrogens with two attached hydrogens (primary N) is 1. The average molecular weight is 257 g/mol. The number of aliphatic hydroxyl groups is 1. The quantitative estimate of drug-likeness (QED) is 0.700. The van der Waals surface area contributed by atoms with Crippen LogP contribution in [-0.2, 0) is 0 Å². The SMILES string of the molecule is CC(C)(C)C(CCO)NC1CCN(C(N)=O)CC1. The third-order valence-corrected chi connectivity index (χ3v) is 3.71. The Hall–Kier alpha value is -0.810. The first-order valence-electron chi connectivity index (χ1n) is 6.76. The van der Waals surface area contributed by atoms with Crippen molar-refractivity contribution in [3.8, 4) is 0 Å². The van der Waals surface area contributed by atoms with E-state index in [1.54, 1.807) is 4.90 Å². The number of nitrogens with zero attached hydrogens (tertiary/aromatic N) is 1. The van der Waals surface area contributed by atoms with Gasteiger partial charge in [0.15, 0.2) is 0 Å². The largest absolute Gasteiger partial charge is 0.396 e. The maximum Gasteiger partial charge on any atom is 0.314 e. The molecule has 2 amide bonds. The number of hydrogen-bond donors (Lipinski definition) is 3. The Balaban J connectivity index is 2.45. The molecule has 4 N–H and O–H groups in total. The maximum absolute atomic E-state index is 11.0. The molecule has 5 heteroatoms. The van der Waals surface area contributed by atoms with Gasteiger partial charge in [0.1, 0.15) is 0 Å². The summed E-state index contributed by atoms with van der Waals surface area (Å²) in [5, 5.41) is 12.8. The van der Waals surface area contributed by atoms with Gasteiger partial charge in [-0.3, -0.25) is 0 Å². The van der Waals surface area contributed by atoms with Gasteiger partial charge < -0.3 is 21.1 Å². The molecule has 0 spiro atoms. The van der Waals surface area contributed by atoms with Crippen LogP contribution in [0.15, 0.2) is 0 Å². The monoisotopic (exact) mass is 257 g/mol. The standard InChI is InChI=1S/C13H27N3O2/c1-13(2,3)11(6-9-17)15-10-4-7-16(8-5-10)12(14)18/h10-11,15,17H,4-9H2,1-3H3,(H2,14,18). The lowest BCUT2D eigenvalue weighted by Crippen LogP contribution is -2.52. The van der Waals surface area contributed by atoms with Gasteiger partial charge >= 0.3 is 6.03 Å². The van der Waals surface area contributed by atoms with Gasteiger partial charge in [-0.2, -0.15) is 0 Å². The Morgan fingerprint density at radius 1 is 1.44 bits per heavy atom. The summed E-state index contributed by atoms with van der Waals surface area (Å²) in [6.45, 7) is 8.19. The van der Waals surface area contributed by atoms with Gasteiger partial charge in [-0.05, 0) is 24.7 Å². The zero-order valence-corrected chi connectivity index (χ0v) is 11.8. The third-order valence-electron chi connectivity index (χ3n) is 3.71. The van der Waals surface area contributed by atoms with E-state index in [1.807, 2.05) is 0 Å². The highest BCUT2D eigenvalue weighted by Gasteiger charge is 2.28. The molecule has 0 aliphatic carbocycles. The van der Waals surface area contributed by atoms with E-state index in [9.17, 15) is 4.79 Å². The molecule has 0 bridgehead atoms. The van der Waals surface area contributed by atoms with Crippen LogP contribution in [0.4, 0.5) is 4.79 Å². The van der Waals surface area contributed by atoms with Crippen LogP contribution in [0.5, 0.6) is 0 Å². The van der Waals surface area contributed by atoms with Crippen LogP contribution in [0.3, 0.4) is 0 Å². The first-order valence-corrected chi connectivity index (χ1v) is 6.76. The number of urea groups is 1. The summed E-state index contributed by atoms with van der Waals surface area (Å²) in [5.74, 6) is 0. The van der Waals surface area contributed by atoms with Crippen molar-refractivity contribution in [1.29, 1.82) is 0 Å². The van der Waals surface area contributed by atoms with E-state index in [0.29, 0.717) is 12.1 Å². The van der Waals surface area contributed by atoms with Crippen LogP contribution in [0.2, 0.25) is 0 Å². The molecule has 5 nitrogen and oxygen atoms in total. The Morgan fingerprint density at radius 3 is 2.39 bits per heavy atom. The molecule has 1 aliphatic heterocycles. The van der Waals surface area contributed by atoms with Crippen LogP contribution >= 0.6 is 0 Å². The van der Waals surface area contributed by atoms with E-state index in [0.717, 1.165) is 32.4 Å². The topological polar surface area (TPSA) is 78.6 Å². The zero-order valence-electron chi connectivity index (χ0n) is 11.8. The fraction of sp³-hybridized carbons (Fsp3) is 0.923. The fourth-order valence-corrected chi connectivity index (χ4v) is 2.45. The molecule has 18 heavy (non-hydrogen) atoms. The highest BCUT2D eigenvalue weighted by molar-refractivity contribution is 5.72. The van der Waals surface area contributed by atoms with Crippen LogP contribution in [-0.4, -0.2) is 47.8 Å². The van der Waals surface area contributed by atoms with Crippen molar-refractivity contribution in [2.75, 3.05) is 19.7 Å². The molecule has 1 aliphatic rings. The van der Waals surface area contributed by atoms with Crippen LogP contribution < -0.4 is 11.1 Å². The fourth-order valence-electron chi connectivity index (χ4n) is 2.45. The number of hydrogen-bond acceptors (Lipinski definition) is 3. The van der Waals surface area contributed by atoms with Crippen LogP contribution in [0.25, 0.3) is 0 Å². The van der Waals surface area contributed by atoms with E-state index < -0.39 is 0 Å². The molecular weight excluding hydrogens is 230 g/mol. The Morgan fingerprint density at radius 2 is 2.00 bits per heavy atom. The number of amides is 2. The van der Waals surface area contributed by atoms with E-state index >= 15 is 0 Å². The second-order valence-corrected chi connectivity index (χ2v) is 6.20. The van der Waals surface area contributed by atoms with E-state index in [1.165, 1.54) is 0 Å². The molecule has 0 aromatic heterocycles. The normalized spacial score (nSPS) is 19.9. The number of rotatable bonds is 4. The van der Waals surface area contributed by atoms with Gasteiger partial charge in [-0.25, -0.2) is 4.79 Å². The van der Waals surface area contributed by atoms with E-state index in [4.69, 9.17) is 10.8 Å². The number of likely N-dealkylation sites (tertiary alicyclic amines) is 1. The highest BCUT2D eigenvalue weighted by Crippen LogP contribution is 2.23. The molecule has 0 radical (unpaired) electrons. The predicted octanol–water partition coefficient (Wildman–Crippen LogP) is 0.916. The highest BCUT2D eigenvalue weighted by atomic mass is 16.3. The molecule has 1 atom stereocenters. The lowest BCUT2D eigenvalue weighted by Gasteiger charge is -2.38. The summed E-state index contributed by atoms with van der Waals surface area (Å²) in [5.41, 5.74) is 5.39. The zero-order chi connectivity index (χ0) is 13.8. The number of piperidine rings is 1. The summed E-state index contributed by atoms with van der Waals surface area (Å²) < 4.78 is 0. The second kappa shape index (κ2) is 6.38. The summed E-state index contributed by atoms with van der Waals surface area (Å²) in [6, 6.07) is 0.389. The maximum atomic E-state index is 11.0.